The Kier molecular flexibility index (Phi) is 3.20. The van der Waals surface area contributed by atoms with Crippen LogP contribution in [-0.2, 0) is 0 Å². The summed E-state index contributed by atoms with van der Waals surface area (Å²) in [4.78, 5) is 12.0. The van der Waals surface area contributed by atoms with Crippen molar-refractivity contribution >= 4 is 28.8 Å². The average molecular weight is 246 g/mol. The van der Waals surface area contributed by atoms with Gasteiger partial charge in [-0.2, -0.15) is 0 Å². The van der Waals surface area contributed by atoms with Crippen molar-refractivity contribution in [1.82, 2.24) is 0 Å². The molecule has 0 atom stereocenters. The lowest BCUT2D eigenvalue weighted by atomic mass is 10.2. The molecule has 0 unspecified atom stereocenters. The second-order valence-corrected chi connectivity index (χ2v) is 3.81. The van der Waals surface area contributed by atoms with E-state index in [2.05, 4.69) is 5.32 Å². The Morgan fingerprint density at radius 3 is 2.47 bits per heavy atom. The van der Waals surface area contributed by atoms with E-state index in [4.69, 9.17) is 22.4 Å². The minimum absolute atomic E-state index is 0.267. The highest BCUT2D eigenvalue weighted by Gasteiger charge is 2.08. The van der Waals surface area contributed by atoms with E-state index in [1.54, 1.807) is 36.4 Å². The number of furan rings is 1. The van der Waals surface area contributed by atoms with Crippen molar-refractivity contribution in [2.75, 3.05) is 5.32 Å². The number of amides is 1. The van der Waals surface area contributed by atoms with E-state index in [-0.39, 0.29) is 11.7 Å². The fourth-order valence-electron chi connectivity index (χ4n) is 1.32. The molecule has 4 nitrogen and oxygen atoms in total. The number of benzene rings is 1. The minimum atomic E-state index is -0.293. The summed E-state index contributed by atoms with van der Waals surface area (Å²) in [7, 11) is 0. The molecule has 0 saturated carbocycles. The van der Waals surface area contributed by atoms with Crippen LogP contribution >= 0.6 is 12.2 Å². The van der Waals surface area contributed by atoms with Crippen LogP contribution in [0.5, 0.6) is 0 Å². The average Bonchev–Trinajstić information content (AvgIpc) is 2.83. The molecule has 3 N–H and O–H groups in total. The molecule has 1 amide bonds. The summed E-state index contributed by atoms with van der Waals surface area (Å²) >= 11 is 4.83. The first-order valence-electron chi connectivity index (χ1n) is 4.91. The Bertz CT molecular complexity index is 532. The van der Waals surface area contributed by atoms with Crippen LogP contribution < -0.4 is 11.1 Å². The second kappa shape index (κ2) is 4.80. The van der Waals surface area contributed by atoms with Crippen molar-refractivity contribution < 1.29 is 9.21 Å². The molecule has 0 aliphatic heterocycles. The monoisotopic (exact) mass is 246 g/mol. The van der Waals surface area contributed by atoms with E-state index >= 15 is 0 Å². The zero-order valence-corrected chi connectivity index (χ0v) is 9.66. The molecule has 2 aromatic rings. The molecule has 1 aromatic carbocycles. The summed E-state index contributed by atoms with van der Waals surface area (Å²) in [5.74, 6) is -0.0264. The maximum Gasteiger partial charge on any atom is 0.291 e. The third-order valence-electron chi connectivity index (χ3n) is 2.17. The minimum Gasteiger partial charge on any atom is -0.459 e. The molecule has 5 heteroatoms. The molecule has 2 rings (SSSR count). The number of thiocarbonyl (C=S) groups is 1. The lowest BCUT2D eigenvalue weighted by Gasteiger charge is -2.04. The van der Waals surface area contributed by atoms with Gasteiger partial charge in [-0.1, -0.05) is 12.2 Å². The molecule has 0 saturated heterocycles. The highest BCUT2D eigenvalue weighted by atomic mass is 32.1. The van der Waals surface area contributed by atoms with Gasteiger partial charge in [0.15, 0.2) is 5.76 Å². The Labute approximate surface area is 103 Å². The van der Waals surface area contributed by atoms with Crippen molar-refractivity contribution in [2.24, 2.45) is 5.73 Å². The molecule has 86 valence electrons. The van der Waals surface area contributed by atoms with Gasteiger partial charge in [0.25, 0.3) is 5.91 Å². The van der Waals surface area contributed by atoms with E-state index in [0.717, 1.165) is 5.56 Å². The van der Waals surface area contributed by atoms with Crippen LogP contribution in [0.4, 0.5) is 5.69 Å². The molecule has 0 bridgehead atoms. The lowest BCUT2D eigenvalue weighted by Crippen LogP contribution is -2.12. The van der Waals surface area contributed by atoms with Crippen LogP contribution in [-0.4, -0.2) is 10.9 Å². The first kappa shape index (κ1) is 11.3. The van der Waals surface area contributed by atoms with Gasteiger partial charge < -0.3 is 15.5 Å². The highest BCUT2D eigenvalue weighted by molar-refractivity contribution is 7.80. The van der Waals surface area contributed by atoms with E-state index in [1.165, 1.54) is 6.26 Å². The zero-order chi connectivity index (χ0) is 12.3. The fourth-order valence-corrected chi connectivity index (χ4v) is 1.45. The van der Waals surface area contributed by atoms with Gasteiger partial charge in [0.1, 0.15) is 4.99 Å². The predicted molar refractivity (Wildman–Crippen MR) is 69.0 cm³/mol. The predicted octanol–water partition coefficient (Wildman–Crippen LogP) is 2.17. The third kappa shape index (κ3) is 2.70. The van der Waals surface area contributed by atoms with Gasteiger partial charge in [0, 0.05) is 11.3 Å². The smallest absolute Gasteiger partial charge is 0.291 e. The van der Waals surface area contributed by atoms with E-state index in [1.807, 2.05) is 0 Å². The molecule has 0 aliphatic rings. The van der Waals surface area contributed by atoms with Gasteiger partial charge in [-0.15, -0.1) is 0 Å². The van der Waals surface area contributed by atoms with E-state index in [9.17, 15) is 4.79 Å². The molecule has 17 heavy (non-hydrogen) atoms. The van der Waals surface area contributed by atoms with Gasteiger partial charge >= 0.3 is 0 Å². The molecule has 0 radical (unpaired) electrons. The standard InChI is InChI=1S/C12H10N2O2S/c13-11(17)8-3-5-9(6-4-8)14-12(15)10-2-1-7-16-10/h1-7H,(H2,13,17)(H,14,15). The number of nitrogens with one attached hydrogen (secondary N) is 1. The number of anilines is 1. The SMILES string of the molecule is NC(=S)c1ccc(NC(=O)c2ccco2)cc1. The summed E-state index contributed by atoms with van der Waals surface area (Å²) in [5.41, 5.74) is 6.89. The lowest BCUT2D eigenvalue weighted by molar-refractivity contribution is 0.0996. The Hall–Kier alpha value is -2.14. The number of rotatable bonds is 3. The summed E-state index contributed by atoms with van der Waals surface area (Å²) in [6, 6.07) is 10.2. The maximum absolute atomic E-state index is 11.6. The topological polar surface area (TPSA) is 68.3 Å². The highest BCUT2D eigenvalue weighted by Crippen LogP contribution is 2.11. The largest absolute Gasteiger partial charge is 0.459 e. The van der Waals surface area contributed by atoms with Gasteiger partial charge in [0.05, 0.1) is 6.26 Å². The van der Waals surface area contributed by atoms with Crippen LogP contribution in [0.25, 0.3) is 0 Å². The van der Waals surface area contributed by atoms with Crippen molar-refractivity contribution in [3.05, 3.63) is 54.0 Å². The van der Waals surface area contributed by atoms with Crippen molar-refractivity contribution in [3.63, 3.8) is 0 Å². The summed E-state index contributed by atoms with van der Waals surface area (Å²) in [5, 5.41) is 2.69. The van der Waals surface area contributed by atoms with Crippen LogP contribution in [0.1, 0.15) is 16.1 Å². The number of nitrogens with two attached hydrogens (primary N) is 1. The van der Waals surface area contributed by atoms with Crippen molar-refractivity contribution in [3.8, 4) is 0 Å². The van der Waals surface area contributed by atoms with Gasteiger partial charge in [-0.25, -0.2) is 0 Å². The molecule has 1 heterocycles. The number of hydrogen-bond donors (Lipinski definition) is 2. The Morgan fingerprint density at radius 1 is 1.24 bits per heavy atom. The zero-order valence-electron chi connectivity index (χ0n) is 8.84. The van der Waals surface area contributed by atoms with Crippen molar-refractivity contribution in [2.45, 2.75) is 0 Å². The quantitative estimate of drug-likeness (QED) is 0.814. The number of carbonyl (C=O) groups excluding carboxylic acids is 1. The molecule has 0 fully saturated rings. The fraction of sp³-hybridized carbons (Fsp3) is 0. The normalized spacial score (nSPS) is 9.88. The van der Waals surface area contributed by atoms with Crippen molar-refractivity contribution in [1.29, 1.82) is 0 Å². The maximum atomic E-state index is 11.6. The van der Waals surface area contributed by atoms with E-state index in [0.29, 0.717) is 10.7 Å². The molecular weight excluding hydrogens is 236 g/mol. The molecule has 1 aromatic heterocycles. The first-order chi connectivity index (χ1) is 8.16. The van der Waals surface area contributed by atoms with Gasteiger partial charge in [-0.05, 0) is 36.4 Å². The van der Waals surface area contributed by atoms with Gasteiger partial charge in [-0.3, -0.25) is 4.79 Å². The number of carbonyl (C=O) groups is 1. The van der Waals surface area contributed by atoms with Gasteiger partial charge in [0.2, 0.25) is 0 Å². The van der Waals surface area contributed by atoms with Crippen LogP contribution in [0.3, 0.4) is 0 Å². The molecule has 0 aliphatic carbocycles. The van der Waals surface area contributed by atoms with Crippen LogP contribution in [0, 0.1) is 0 Å². The summed E-state index contributed by atoms with van der Waals surface area (Å²) in [6.07, 6.45) is 1.45. The Morgan fingerprint density at radius 2 is 1.94 bits per heavy atom. The molecular formula is C12H10N2O2S. The second-order valence-electron chi connectivity index (χ2n) is 3.37. The summed E-state index contributed by atoms with van der Waals surface area (Å²) in [6.45, 7) is 0. The molecule has 0 spiro atoms. The third-order valence-corrected chi connectivity index (χ3v) is 2.41. The van der Waals surface area contributed by atoms with Crippen LogP contribution in [0.2, 0.25) is 0 Å². The first-order valence-corrected chi connectivity index (χ1v) is 5.32. The Balaban J connectivity index is 2.09. The number of hydrogen-bond acceptors (Lipinski definition) is 3. The summed E-state index contributed by atoms with van der Waals surface area (Å²) < 4.78 is 4.98. The van der Waals surface area contributed by atoms with Crippen LogP contribution in [0.15, 0.2) is 47.1 Å². The van der Waals surface area contributed by atoms with E-state index < -0.39 is 0 Å².